The molecule has 1 heterocycles. The van der Waals surface area contributed by atoms with Crippen molar-refractivity contribution < 1.29 is 14.2 Å². The van der Waals surface area contributed by atoms with Crippen LogP contribution in [-0.4, -0.2) is 18.9 Å². The molecule has 1 saturated heterocycles. The molecule has 1 fully saturated rings. The van der Waals surface area contributed by atoms with Crippen molar-refractivity contribution in [2.75, 3.05) is 0 Å². The molecule has 0 aliphatic carbocycles. The lowest BCUT2D eigenvalue weighted by Gasteiger charge is -2.34. The largest absolute Gasteiger partial charge is 0.324 e. The van der Waals surface area contributed by atoms with Crippen LogP contribution in [0.3, 0.4) is 0 Å². The predicted octanol–water partition coefficient (Wildman–Crippen LogP) is 2.26. The molecule has 0 unspecified atom stereocenters. The lowest BCUT2D eigenvalue weighted by atomic mass is 10.4. The van der Waals surface area contributed by atoms with Crippen LogP contribution in [-0.2, 0) is 14.2 Å². The number of rotatable bonds is 3. The first kappa shape index (κ1) is 9.96. The monoisotopic (exact) mass is 174 g/mol. The topological polar surface area (TPSA) is 27.7 Å². The minimum absolute atomic E-state index is 0.0753. The van der Waals surface area contributed by atoms with Crippen LogP contribution in [0.5, 0.6) is 0 Å². The first-order valence-corrected chi connectivity index (χ1v) is 4.76. The molecule has 3 heteroatoms. The number of hydrogen-bond donors (Lipinski definition) is 0. The smallest absolute Gasteiger partial charge is 0.163 e. The van der Waals surface area contributed by atoms with Gasteiger partial charge in [-0.3, -0.25) is 0 Å². The van der Waals surface area contributed by atoms with Crippen LogP contribution in [0.25, 0.3) is 0 Å². The predicted molar refractivity (Wildman–Crippen MR) is 45.5 cm³/mol. The number of hydrogen-bond acceptors (Lipinski definition) is 3. The zero-order valence-corrected chi connectivity index (χ0v) is 8.08. The summed E-state index contributed by atoms with van der Waals surface area (Å²) in [5.41, 5.74) is 0. The van der Waals surface area contributed by atoms with Crippen LogP contribution in [0.4, 0.5) is 0 Å². The lowest BCUT2D eigenvalue weighted by Crippen LogP contribution is -2.39. The summed E-state index contributed by atoms with van der Waals surface area (Å²) in [6.07, 6.45) is 2.43. The van der Waals surface area contributed by atoms with Crippen LogP contribution < -0.4 is 0 Å². The fourth-order valence-electron chi connectivity index (χ4n) is 1.18. The van der Waals surface area contributed by atoms with Gasteiger partial charge in [-0.05, 0) is 19.3 Å². The summed E-state index contributed by atoms with van der Waals surface area (Å²) in [4.78, 5) is 0. The Labute approximate surface area is 74.0 Å². The zero-order chi connectivity index (χ0) is 8.97. The Hall–Kier alpha value is -0.120. The van der Waals surface area contributed by atoms with Crippen molar-refractivity contribution in [1.82, 2.24) is 0 Å². The molecule has 3 nitrogen and oxygen atoms in total. The van der Waals surface area contributed by atoms with E-state index in [-0.39, 0.29) is 18.9 Å². The van der Waals surface area contributed by atoms with Crippen molar-refractivity contribution in [2.45, 2.75) is 58.9 Å². The van der Waals surface area contributed by atoms with E-state index >= 15 is 0 Å². The fourth-order valence-corrected chi connectivity index (χ4v) is 1.18. The third-order valence-electron chi connectivity index (χ3n) is 1.91. The van der Waals surface area contributed by atoms with Gasteiger partial charge in [-0.2, -0.15) is 0 Å². The van der Waals surface area contributed by atoms with E-state index in [1.54, 1.807) is 0 Å². The molecule has 1 aliphatic rings. The first-order valence-electron chi connectivity index (χ1n) is 4.76. The van der Waals surface area contributed by atoms with Gasteiger partial charge in [0, 0.05) is 0 Å². The van der Waals surface area contributed by atoms with Gasteiger partial charge in [-0.15, -0.1) is 0 Å². The lowest BCUT2D eigenvalue weighted by molar-refractivity contribution is -0.383. The molecular weight excluding hydrogens is 156 g/mol. The average Bonchev–Trinajstić information content (AvgIpc) is 2.16. The standard InChI is InChI=1S/C9H18O3/c1-4-7-10-8(5-2)12-9(6-3)11-7/h7-9H,4-6H2,1-3H3. The molecule has 72 valence electrons. The first-order chi connectivity index (χ1) is 5.80. The summed E-state index contributed by atoms with van der Waals surface area (Å²) in [6, 6.07) is 0. The maximum atomic E-state index is 5.47. The minimum atomic E-state index is -0.0753. The normalized spacial score (nSPS) is 36.8. The van der Waals surface area contributed by atoms with Crippen molar-refractivity contribution in [3.05, 3.63) is 0 Å². The Morgan fingerprint density at radius 2 is 0.917 bits per heavy atom. The van der Waals surface area contributed by atoms with E-state index in [1.807, 2.05) is 0 Å². The number of ether oxygens (including phenoxy) is 3. The third-order valence-corrected chi connectivity index (χ3v) is 1.91. The van der Waals surface area contributed by atoms with E-state index in [0.29, 0.717) is 0 Å². The Morgan fingerprint density at radius 3 is 1.08 bits per heavy atom. The summed E-state index contributed by atoms with van der Waals surface area (Å²) in [6.45, 7) is 6.15. The molecule has 0 aromatic carbocycles. The Kier molecular flexibility index (Phi) is 3.98. The molecule has 1 aliphatic heterocycles. The van der Waals surface area contributed by atoms with Gasteiger partial charge < -0.3 is 14.2 Å². The highest BCUT2D eigenvalue weighted by molar-refractivity contribution is 4.54. The summed E-state index contributed by atoms with van der Waals surface area (Å²) >= 11 is 0. The quantitative estimate of drug-likeness (QED) is 0.656. The Morgan fingerprint density at radius 1 is 0.667 bits per heavy atom. The van der Waals surface area contributed by atoms with Gasteiger partial charge in [0.1, 0.15) is 0 Å². The van der Waals surface area contributed by atoms with Crippen molar-refractivity contribution >= 4 is 0 Å². The summed E-state index contributed by atoms with van der Waals surface area (Å²) in [7, 11) is 0. The van der Waals surface area contributed by atoms with E-state index in [4.69, 9.17) is 14.2 Å². The maximum Gasteiger partial charge on any atom is 0.163 e. The second kappa shape index (κ2) is 4.80. The van der Waals surface area contributed by atoms with E-state index in [2.05, 4.69) is 20.8 Å². The molecule has 0 aromatic rings. The van der Waals surface area contributed by atoms with Gasteiger partial charge >= 0.3 is 0 Å². The Balaban J connectivity index is 2.41. The van der Waals surface area contributed by atoms with E-state index in [1.165, 1.54) is 0 Å². The molecule has 0 bridgehead atoms. The van der Waals surface area contributed by atoms with Crippen molar-refractivity contribution in [3.63, 3.8) is 0 Å². The van der Waals surface area contributed by atoms with Gasteiger partial charge in [0.25, 0.3) is 0 Å². The van der Waals surface area contributed by atoms with Gasteiger partial charge in [0.05, 0.1) is 0 Å². The highest BCUT2D eigenvalue weighted by Crippen LogP contribution is 2.21. The van der Waals surface area contributed by atoms with Crippen LogP contribution in [0.1, 0.15) is 40.0 Å². The second-order valence-electron chi connectivity index (χ2n) is 2.92. The van der Waals surface area contributed by atoms with Crippen LogP contribution in [0, 0.1) is 0 Å². The molecule has 0 spiro atoms. The van der Waals surface area contributed by atoms with E-state index in [0.717, 1.165) is 19.3 Å². The summed E-state index contributed by atoms with van der Waals surface area (Å²) in [5, 5.41) is 0. The molecule has 0 atom stereocenters. The maximum absolute atomic E-state index is 5.47. The average molecular weight is 174 g/mol. The van der Waals surface area contributed by atoms with E-state index in [9.17, 15) is 0 Å². The Bertz CT molecular complexity index is 97.2. The van der Waals surface area contributed by atoms with Crippen molar-refractivity contribution in [1.29, 1.82) is 0 Å². The molecule has 0 amide bonds. The van der Waals surface area contributed by atoms with Gasteiger partial charge in [0.15, 0.2) is 18.9 Å². The third kappa shape index (κ3) is 2.44. The minimum Gasteiger partial charge on any atom is -0.324 e. The molecule has 0 N–H and O–H groups in total. The van der Waals surface area contributed by atoms with Crippen LogP contribution >= 0.6 is 0 Å². The molecule has 0 radical (unpaired) electrons. The van der Waals surface area contributed by atoms with Gasteiger partial charge in [0.2, 0.25) is 0 Å². The molecule has 0 saturated carbocycles. The van der Waals surface area contributed by atoms with Crippen molar-refractivity contribution in [3.8, 4) is 0 Å². The van der Waals surface area contributed by atoms with Gasteiger partial charge in [-0.25, -0.2) is 0 Å². The van der Waals surface area contributed by atoms with Gasteiger partial charge in [-0.1, -0.05) is 20.8 Å². The zero-order valence-electron chi connectivity index (χ0n) is 8.08. The summed E-state index contributed by atoms with van der Waals surface area (Å²) < 4.78 is 16.4. The highest BCUT2D eigenvalue weighted by Gasteiger charge is 2.27. The molecule has 12 heavy (non-hydrogen) atoms. The molecule has 1 rings (SSSR count). The summed E-state index contributed by atoms with van der Waals surface area (Å²) in [5.74, 6) is 0. The van der Waals surface area contributed by atoms with Crippen LogP contribution in [0.15, 0.2) is 0 Å². The second-order valence-corrected chi connectivity index (χ2v) is 2.92. The SMILES string of the molecule is CCC1OC(CC)OC(CC)O1. The molecular formula is C9H18O3. The molecule has 0 aromatic heterocycles. The van der Waals surface area contributed by atoms with E-state index < -0.39 is 0 Å². The fraction of sp³-hybridized carbons (Fsp3) is 1.00. The van der Waals surface area contributed by atoms with Crippen molar-refractivity contribution in [2.24, 2.45) is 0 Å². The van der Waals surface area contributed by atoms with Crippen LogP contribution in [0.2, 0.25) is 0 Å². The highest BCUT2D eigenvalue weighted by atomic mass is 16.9.